The second kappa shape index (κ2) is 3.96. The van der Waals surface area contributed by atoms with E-state index >= 15 is 0 Å². The topological polar surface area (TPSA) is 75.7 Å². The first-order valence-corrected chi connectivity index (χ1v) is 6.49. The van der Waals surface area contributed by atoms with Crippen LogP contribution < -0.4 is 5.69 Å². The lowest BCUT2D eigenvalue weighted by molar-refractivity contribution is 0.0972. The maximum absolute atomic E-state index is 12.1. The summed E-state index contributed by atoms with van der Waals surface area (Å²) in [6.07, 6.45) is 5.76. The first-order chi connectivity index (χ1) is 9.33. The molecule has 1 saturated heterocycles. The molecule has 1 aliphatic rings. The Morgan fingerprint density at radius 3 is 3.32 bits per heavy atom. The lowest BCUT2D eigenvalue weighted by atomic mass is 10.2. The Hall–Kier alpha value is -2.08. The van der Waals surface area contributed by atoms with Gasteiger partial charge in [0.2, 0.25) is 0 Å². The summed E-state index contributed by atoms with van der Waals surface area (Å²) in [7, 11) is 0. The van der Waals surface area contributed by atoms with Crippen molar-refractivity contribution in [3.05, 3.63) is 28.9 Å². The van der Waals surface area contributed by atoms with E-state index in [1.807, 2.05) is 12.3 Å². The van der Waals surface area contributed by atoms with Gasteiger partial charge in [-0.15, -0.1) is 0 Å². The van der Waals surface area contributed by atoms with Crippen molar-refractivity contribution in [2.75, 3.05) is 6.61 Å². The van der Waals surface area contributed by atoms with Crippen LogP contribution >= 0.6 is 0 Å². The summed E-state index contributed by atoms with van der Waals surface area (Å²) in [5.74, 6) is 0. The Labute approximate surface area is 108 Å². The summed E-state index contributed by atoms with van der Waals surface area (Å²) in [6.45, 7) is 1.39. The van der Waals surface area contributed by atoms with E-state index in [2.05, 4.69) is 15.0 Å². The highest BCUT2D eigenvalue weighted by Gasteiger charge is 2.19. The van der Waals surface area contributed by atoms with Crippen LogP contribution in [0.3, 0.4) is 0 Å². The van der Waals surface area contributed by atoms with Gasteiger partial charge in [0, 0.05) is 18.2 Å². The van der Waals surface area contributed by atoms with Crippen LogP contribution in [0.1, 0.15) is 12.8 Å². The minimum absolute atomic E-state index is 0.0963. The van der Waals surface area contributed by atoms with E-state index in [0.717, 1.165) is 41.5 Å². The number of H-pyrrole nitrogens is 2. The van der Waals surface area contributed by atoms with Gasteiger partial charge in [-0.05, 0) is 18.9 Å². The number of aromatic nitrogens is 4. The molecule has 98 valence electrons. The van der Waals surface area contributed by atoms with Crippen LogP contribution in [-0.2, 0) is 11.3 Å². The number of aromatic amines is 2. The summed E-state index contributed by atoms with van der Waals surface area (Å²) >= 11 is 0. The first kappa shape index (κ1) is 10.8. The Bertz CT molecular complexity index is 792. The van der Waals surface area contributed by atoms with Crippen molar-refractivity contribution < 1.29 is 4.74 Å². The van der Waals surface area contributed by atoms with Gasteiger partial charge in [-0.2, -0.15) is 0 Å². The highest BCUT2D eigenvalue weighted by molar-refractivity contribution is 6.00. The number of nitrogens with zero attached hydrogens (tertiary/aromatic N) is 2. The number of hydrogen-bond acceptors (Lipinski definition) is 3. The normalized spacial score (nSPS) is 19.7. The fraction of sp³-hybridized carbons (Fsp3) is 0.385. The highest BCUT2D eigenvalue weighted by atomic mass is 16.5. The highest BCUT2D eigenvalue weighted by Crippen LogP contribution is 2.22. The van der Waals surface area contributed by atoms with Crippen molar-refractivity contribution in [2.45, 2.75) is 25.5 Å². The van der Waals surface area contributed by atoms with E-state index in [0.29, 0.717) is 6.54 Å². The van der Waals surface area contributed by atoms with Crippen molar-refractivity contribution >= 4 is 22.1 Å². The van der Waals surface area contributed by atoms with Crippen molar-refractivity contribution in [1.29, 1.82) is 0 Å². The third kappa shape index (κ3) is 1.60. The molecule has 4 heterocycles. The molecule has 4 rings (SSSR count). The van der Waals surface area contributed by atoms with Gasteiger partial charge in [-0.3, -0.25) is 4.57 Å². The van der Waals surface area contributed by atoms with Crippen molar-refractivity contribution in [3.63, 3.8) is 0 Å². The zero-order chi connectivity index (χ0) is 12.8. The summed E-state index contributed by atoms with van der Waals surface area (Å²) in [5, 5.41) is 0.967. The summed E-state index contributed by atoms with van der Waals surface area (Å²) in [5.41, 5.74) is 2.38. The molecule has 1 atom stereocenters. The number of pyridine rings is 1. The largest absolute Gasteiger partial charge is 0.376 e. The molecule has 0 aromatic carbocycles. The monoisotopic (exact) mass is 258 g/mol. The van der Waals surface area contributed by atoms with Gasteiger partial charge in [-0.25, -0.2) is 9.78 Å². The summed E-state index contributed by atoms with van der Waals surface area (Å²) in [4.78, 5) is 22.3. The minimum atomic E-state index is -0.0963. The van der Waals surface area contributed by atoms with Gasteiger partial charge in [0.25, 0.3) is 0 Å². The zero-order valence-electron chi connectivity index (χ0n) is 10.3. The van der Waals surface area contributed by atoms with Crippen molar-refractivity contribution in [2.24, 2.45) is 0 Å². The van der Waals surface area contributed by atoms with Gasteiger partial charge < -0.3 is 14.7 Å². The number of rotatable bonds is 2. The maximum atomic E-state index is 12.1. The zero-order valence-corrected chi connectivity index (χ0v) is 10.3. The first-order valence-electron chi connectivity index (χ1n) is 6.49. The lowest BCUT2D eigenvalue weighted by Crippen LogP contribution is -2.24. The average molecular weight is 258 g/mol. The molecule has 6 nitrogen and oxygen atoms in total. The van der Waals surface area contributed by atoms with E-state index < -0.39 is 0 Å². The molecule has 2 N–H and O–H groups in total. The molecule has 3 aromatic heterocycles. The quantitative estimate of drug-likeness (QED) is 0.729. The number of fused-ring (bicyclic) bond motifs is 3. The van der Waals surface area contributed by atoms with Crippen LogP contribution in [0.25, 0.3) is 22.1 Å². The fourth-order valence-electron chi connectivity index (χ4n) is 2.83. The predicted octanol–water partition coefficient (Wildman–Crippen LogP) is 1.38. The third-order valence-corrected chi connectivity index (χ3v) is 3.73. The molecule has 1 unspecified atom stereocenters. The standard InChI is InChI=1S/C13H14N4O2/c18-13-16-10-6-15-12-9(3-4-14-12)11(10)17(13)7-8-2-1-5-19-8/h3-4,6,8H,1-2,5,7H2,(H,14,15)(H,16,18). The van der Waals surface area contributed by atoms with E-state index in [4.69, 9.17) is 4.74 Å². The van der Waals surface area contributed by atoms with E-state index in [-0.39, 0.29) is 11.8 Å². The average Bonchev–Trinajstić information content (AvgIpc) is 3.10. The molecular weight excluding hydrogens is 244 g/mol. The number of imidazole rings is 1. The van der Waals surface area contributed by atoms with E-state index in [1.54, 1.807) is 10.8 Å². The Balaban J connectivity index is 1.94. The minimum Gasteiger partial charge on any atom is -0.376 e. The van der Waals surface area contributed by atoms with Crippen LogP contribution in [0.15, 0.2) is 23.3 Å². The molecule has 0 saturated carbocycles. The molecule has 6 heteroatoms. The molecule has 0 spiro atoms. The predicted molar refractivity (Wildman–Crippen MR) is 71.2 cm³/mol. The smallest absolute Gasteiger partial charge is 0.326 e. The van der Waals surface area contributed by atoms with Gasteiger partial charge in [0.05, 0.1) is 29.9 Å². The maximum Gasteiger partial charge on any atom is 0.326 e. The number of hydrogen-bond donors (Lipinski definition) is 2. The lowest BCUT2D eigenvalue weighted by Gasteiger charge is -2.10. The molecule has 1 fully saturated rings. The second-order valence-corrected chi connectivity index (χ2v) is 4.94. The number of ether oxygens (including phenoxy) is 1. The molecule has 0 bridgehead atoms. The van der Waals surface area contributed by atoms with Gasteiger partial charge in [0.1, 0.15) is 5.65 Å². The van der Waals surface area contributed by atoms with Crippen LogP contribution in [0, 0.1) is 0 Å². The van der Waals surface area contributed by atoms with Crippen molar-refractivity contribution in [1.82, 2.24) is 19.5 Å². The molecule has 0 radical (unpaired) electrons. The summed E-state index contributed by atoms with van der Waals surface area (Å²) in [6, 6.07) is 1.95. The molecule has 0 aliphatic carbocycles. The summed E-state index contributed by atoms with van der Waals surface area (Å²) < 4.78 is 7.39. The van der Waals surface area contributed by atoms with Crippen LogP contribution in [0.4, 0.5) is 0 Å². The third-order valence-electron chi connectivity index (χ3n) is 3.73. The fourth-order valence-corrected chi connectivity index (χ4v) is 2.83. The molecule has 0 amide bonds. The molecular formula is C13H14N4O2. The second-order valence-electron chi connectivity index (χ2n) is 4.94. The Morgan fingerprint density at radius 1 is 1.53 bits per heavy atom. The van der Waals surface area contributed by atoms with E-state index in [9.17, 15) is 4.79 Å². The SMILES string of the molecule is O=c1[nH]c2cnc3[nH]ccc3c2n1CC1CCCO1. The Morgan fingerprint density at radius 2 is 2.47 bits per heavy atom. The van der Waals surface area contributed by atoms with Crippen LogP contribution in [-0.4, -0.2) is 32.2 Å². The molecule has 19 heavy (non-hydrogen) atoms. The van der Waals surface area contributed by atoms with Gasteiger partial charge in [0.15, 0.2) is 0 Å². The van der Waals surface area contributed by atoms with Crippen LogP contribution in [0.5, 0.6) is 0 Å². The molecule has 1 aliphatic heterocycles. The van der Waals surface area contributed by atoms with Crippen molar-refractivity contribution in [3.8, 4) is 0 Å². The van der Waals surface area contributed by atoms with Gasteiger partial charge >= 0.3 is 5.69 Å². The molecule has 3 aromatic rings. The van der Waals surface area contributed by atoms with Gasteiger partial charge in [-0.1, -0.05) is 0 Å². The Kier molecular flexibility index (Phi) is 2.25. The van der Waals surface area contributed by atoms with Crippen LogP contribution in [0.2, 0.25) is 0 Å². The van der Waals surface area contributed by atoms with E-state index in [1.165, 1.54) is 0 Å². The number of nitrogens with one attached hydrogen (secondary N) is 2.